The molecule has 1 aromatic heterocycles. The molecule has 0 saturated heterocycles. The van der Waals surface area contributed by atoms with Crippen LogP contribution in [0, 0.1) is 10.1 Å². The molecule has 0 bridgehead atoms. The van der Waals surface area contributed by atoms with Gasteiger partial charge in [-0.3, -0.25) is 10.1 Å². The van der Waals surface area contributed by atoms with E-state index in [1.165, 1.54) is 12.1 Å². The van der Waals surface area contributed by atoms with Crippen molar-refractivity contribution in [3.63, 3.8) is 0 Å². The fourth-order valence-electron chi connectivity index (χ4n) is 2.08. The highest BCUT2D eigenvalue weighted by Crippen LogP contribution is 2.28. The summed E-state index contributed by atoms with van der Waals surface area (Å²) >= 11 is 0. The average Bonchev–Trinajstić information content (AvgIpc) is 2.53. The lowest BCUT2D eigenvalue weighted by atomic mass is 10.2. The Morgan fingerprint density at radius 2 is 1.76 bits per heavy atom. The molecule has 0 fully saturated rings. The van der Waals surface area contributed by atoms with Crippen molar-refractivity contribution >= 4 is 28.1 Å². The van der Waals surface area contributed by atoms with Gasteiger partial charge in [0.25, 0.3) is 5.69 Å². The number of benzene rings is 2. The normalized spacial score (nSPS) is 10.5. The SMILES string of the molecule is CN(c1ccc([N+](=O)[O-])cc1)c1nnnc2ccccc12. The molecule has 104 valence electrons. The highest BCUT2D eigenvalue weighted by Gasteiger charge is 2.12. The van der Waals surface area contributed by atoms with Gasteiger partial charge in [0.15, 0.2) is 5.82 Å². The lowest BCUT2D eigenvalue weighted by Crippen LogP contribution is -2.13. The van der Waals surface area contributed by atoms with Gasteiger partial charge in [-0.25, -0.2) is 0 Å². The maximum atomic E-state index is 10.7. The quantitative estimate of drug-likeness (QED) is 0.542. The van der Waals surface area contributed by atoms with Crippen LogP contribution in [0.25, 0.3) is 10.9 Å². The van der Waals surface area contributed by atoms with Crippen LogP contribution in [0.5, 0.6) is 0 Å². The summed E-state index contributed by atoms with van der Waals surface area (Å²) in [4.78, 5) is 12.1. The van der Waals surface area contributed by atoms with Gasteiger partial charge in [-0.2, -0.15) is 0 Å². The third-order valence-electron chi connectivity index (χ3n) is 3.20. The first-order valence-corrected chi connectivity index (χ1v) is 6.23. The molecule has 0 unspecified atom stereocenters. The van der Waals surface area contributed by atoms with E-state index in [0.717, 1.165) is 16.6 Å². The molecule has 7 heteroatoms. The Balaban J connectivity index is 2.04. The number of rotatable bonds is 3. The zero-order valence-electron chi connectivity index (χ0n) is 11.2. The molecule has 0 radical (unpaired) electrons. The Morgan fingerprint density at radius 3 is 2.48 bits per heavy atom. The summed E-state index contributed by atoms with van der Waals surface area (Å²) in [5.74, 6) is 0.648. The van der Waals surface area contributed by atoms with Gasteiger partial charge in [0, 0.05) is 30.3 Å². The van der Waals surface area contributed by atoms with E-state index in [9.17, 15) is 10.1 Å². The monoisotopic (exact) mass is 281 g/mol. The van der Waals surface area contributed by atoms with Crippen molar-refractivity contribution in [2.45, 2.75) is 0 Å². The molecule has 0 N–H and O–H groups in total. The minimum Gasteiger partial charge on any atom is -0.327 e. The molecule has 0 amide bonds. The minimum atomic E-state index is -0.425. The van der Waals surface area contributed by atoms with Crippen molar-refractivity contribution in [3.8, 4) is 0 Å². The molecular weight excluding hydrogens is 270 g/mol. The molecule has 0 aliphatic rings. The number of non-ortho nitro benzene ring substituents is 1. The largest absolute Gasteiger partial charge is 0.327 e. The van der Waals surface area contributed by atoms with E-state index in [1.807, 2.05) is 36.2 Å². The molecule has 3 aromatic rings. The summed E-state index contributed by atoms with van der Waals surface area (Å²) in [5.41, 5.74) is 1.58. The van der Waals surface area contributed by atoms with Crippen LogP contribution >= 0.6 is 0 Å². The Morgan fingerprint density at radius 1 is 1.05 bits per heavy atom. The van der Waals surface area contributed by atoms with Gasteiger partial charge >= 0.3 is 0 Å². The van der Waals surface area contributed by atoms with Crippen molar-refractivity contribution in [2.24, 2.45) is 0 Å². The second kappa shape index (κ2) is 5.12. The van der Waals surface area contributed by atoms with Crippen molar-refractivity contribution in [1.82, 2.24) is 15.4 Å². The van der Waals surface area contributed by atoms with Gasteiger partial charge in [-0.1, -0.05) is 12.1 Å². The fourth-order valence-corrected chi connectivity index (χ4v) is 2.08. The predicted molar refractivity (Wildman–Crippen MR) is 78.5 cm³/mol. The smallest absolute Gasteiger partial charge is 0.269 e. The number of nitrogens with zero attached hydrogens (tertiary/aromatic N) is 5. The van der Waals surface area contributed by atoms with Crippen LogP contribution < -0.4 is 4.90 Å². The number of nitro groups is 1. The van der Waals surface area contributed by atoms with Gasteiger partial charge in [0.1, 0.15) is 0 Å². The second-order valence-electron chi connectivity index (χ2n) is 4.46. The highest BCUT2D eigenvalue weighted by atomic mass is 16.6. The van der Waals surface area contributed by atoms with Crippen LogP contribution in [0.1, 0.15) is 0 Å². The van der Waals surface area contributed by atoms with Gasteiger partial charge < -0.3 is 4.90 Å². The summed E-state index contributed by atoms with van der Waals surface area (Å²) in [6, 6.07) is 13.8. The summed E-state index contributed by atoms with van der Waals surface area (Å²) in [6.45, 7) is 0. The number of fused-ring (bicyclic) bond motifs is 1. The van der Waals surface area contributed by atoms with Gasteiger partial charge in [-0.05, 0) is 29.5 Å². The Labute approximate surface area is 120 Å². The van der Waals surface area contributed by atoms with Crippen LogP contribution in [-0.4, -0.2) is 27.4 Å². The Bertz CT molecular complexity index is 799. The molecule has 0 saturated carbocycles. The zero-order valence-corrected chi connectivity index (χ0v) is 11.2. The average molecular weight is 281 g/mol. The molecule has 0 spiro atoms. The first kappa shape index (κ1) is 12.9. The lowest BCUT2D eigenvalue weighted by molar-refractivity contribution is -0.384. The molecule has 7 nitrogen and oxygen atoms in total. The standard InChI is InChI=1S/C14H11N5O2/c1-18(10-6-8-11(9-7-10)19(20)21)14-12-4-2-3-5-13(12)15-17-16-14/h2-9H,1H3. The summed E-state index contributed by atoms with van der Waals surface area (Å²) in [6.07, 6.45) is 0. The van der Waals surface area contributed by atoms with Crippen LogP contribution in [0.15, 0.2) is 48.5 Å². The first-order chi connectivity index (χ1) is 10.2. The first-order valence-electron chi connectivity index (χ1n) is 6.23. The van der Waals surface area contributed by atoms with Crippen LogP contribution in [0.3, 0.4) is 0 Å². The summed E-state index contributed by atoms with van der Waals surface area (Å²) in [5, 5.41) is 23.4. The van der Waals surface area contributed by atoms with E-state index in [-0.39, 0.29) is 5.69 Å². The van der Waals surface area contributed by atoms with E-state index in [0.29, 0.717) is 5.82 Å². The number of aromatic nitrogens is 3. The molecule has 0 aliphatic carbocycles. The van der Waals surface area contributed by atoms with Crippen LogP contribution in [0.4, 0.5) is 17.2 Å². The Kier molecular flexibility index (Phi) is 3.15. The number of nitro benzene ring substituents is 1. The van der Waals surface area contributed by atoms with Gasteiger partial charge in [0.2, 0.25) is 0 Å². The predicted octanol–water partition coefficient (Wildman–Crippen LogP) is 2.70. The lowest BCUT2D eigenvalue weighted by Gasteiger charge is -2.18. The van der Waals surface area contributed by atoms with Gasteiger partial charge in [-0.15, -0.1) is 10.2 Å². The Hall–Kier alpha value is -3.09. The molecule has 1 heterocycles. The van der Waals surface area contributed by atoms with Gasteiger partial charge in [0.05, 0.1) is 10.4 Å². The summed E-state index contributed by atoms with van der Waals surface area (Å²) in [7, 11) is 1.83. The van der Waals surface area contributed by atoms with E-state index in [1.54, 1.807) is 12.1 Å². The zero-order chi connectivity index (χ0) is 14.8. The van der Waals surface area contributed by atoms with Crippen LogP contribution in [-0.2, 0) is 0 Å². The van der Waals surface area contributed by atoms with E-state index in [4.69, 9.17) is 0 Å². The molecule has 0 aliphatic heterocycles. The van der Waals surface area contributed by atoms with Crippen molar-refractivity contribution in [2.75, 3.05) is 11.9 Å². The molecule has 21 heavy (non-hydrogen) atoms. The topological polar surface area (TPSA) is 85.0 Å². The number of hydrogen-bond acceptors (Lipinski definition) is 6. The van der Waals surface area contributed by atoms with E-state index in [2.05, 4.69) is 15.4 Å². The van der Waals surface area contributed by atoms with E-state index < -0.39 is 4.92 Å². The summed E-state index contributed by atoms with van der Waals surface area (Å²) < 4.78 is 0. The van der Waals surface area contributed by atoms with Crippen LogP contribution in [0.2, 0.25) is 0 Å². The fraction of sp³-hybridized carbons (Fsp3) is 0.0714. The molecule has 2 aromatic carbocycles. The van der Waals surface area contributed by atoms with Crippen molar-refractivity contribution in [3.05, 3.63) is 58.6 Å². The molecular formula is C14H11N5O2. The minimum absolute atomic E-state index is 0.0535. The number of hydrogen-bond donors (Lipinski definition) is 0. The maximum Gasteiger partial charge on any atom is 0.269 e. The van der Waals surface area contributed by atoms with Crippen molar-refractivity contribution < 1.29 is 4.92 Å². The molecule has 3 rings (SSSR count). The van der Waals surface area contributed by atoms with E-state index >= 15 is 0 Å². The maximum absolute atomic E-state index is 10.7. The number of anilines is 2. The molecule has 0 atom stereocenters. The van der Waals surface area contributed by atoms with Crippen molar-refractivity contribution in [1.29, 1.82) is 0 Å². The third kappa shape index (κ3) is 2.36. The highest BCUT2D eigenvalue weighted by molar-refractivity contribution is 5.90. The third-order valence-corrected chi connectivity index (χ3v) is 3.20. The second-order valence-corrected chi connectivity index (χ2v) is 4.46.